The molecule has 0 aliphatic carbocycles. The van der Waals surface area contributed by atoms with Crippen molar-refractivity contribution in [2.45, 2.75) is 0 Å². The quantitative estimate of drug-likeness (QED) is 0.509. The van der Waals surface area contributed by atoms with Crippen molar-refractivity contribution in [1.29, 1.82) is 0 Å². The minimum Gasteiger partial charge on any atom is -0.298 e. The third-order valence-corrected chi connectivity index (χ3v) is 4.18. The SMILES string of the molecule is C=Cc1cccc(C=C2C(=O)NC(=S)N(c3ccc(Cl)cc3)C2=O)c1. The Morgan fingerprint density at radius 1 is 1.08 bits per heavy atom. The van der Waals surface area contributed by atoms with Crippen LogP contribution in [-0.2, 0) is 9.59 Å². The lowest BCUT2D eigenvalue weighted by Crippen LogP contribution is -2.54. The average Bonchev–Trinajstić information content (AvgIpc) is 2.60. The number of hydrogen-bond acceptors (Lipinski definition) is 3. The number of thiocarbonyl (C=S) groups is 1. The van der Waals surface area contributed by atoms with Crippen LogP contribution < -0.4 is 10.2 Å². The highest BCUT2D eigenvalue weighted by molar-refractivity contribution is 7.80. The standard InChI is InChI=1S/C19H13ClN2O2S/c1-2-12-4-3-5-13(10-12)11-16-17(23)21-19(25)22(18(16)24)15-8-6-14(20)7-9-15/h2-11H,1H2,(H,21,23,25). The van der Waals surface area contributed by atoms with Crippen LogP contribution in [0.2, 0.25) is 5.02 Å². The number of benzene rings is 2. The van der Waals surface area contributed by atoms with Crippen molar-refractivity contribution in [3.05, 3.63) is 76.8 Å². The second-order valence-electron chi connectivity index (χ2n) is 5.31. The van der Waals surface area contributed by atoms with Gasteiger partial charge in [-0.2, -0.15) is 0 Å². The summed E-state index contributed by atoms with van der Waals surface area (Å²) in [6.45, 7) is 3.71. The molecule has 1 aliphatic heterocycles. The largest absolute Gasteiger partial charge is 0.298 e. The van der Waals surface area contributed by atoms with E-state index in [4.69, 9.17) is 23.8 Å². The number of carbonyl (C=O) groups is 2. The van der Waals surface area contributed by atoms with Crippen molar-refractivity contribution < 1.29 is 9.59 Å². The molecular formula is C19H13ClN2O2S. The molecule has 0 aromatic heterocycles. The Morgan fingerprint density at radius 3 is 2.44 bits per heavy atom. The normalized spacial score (nSPS) is 16.1. The van der Waals surface area contributed by atoms with Crippen LogP contribution in [0.3, 0.4) is 0 Å². The van der Waals surface area contributed by atoms with E-state index in [0.717, 1.165) is 11.1 Å². The first-order chi connectivity index (χ1) is 12.0. The van der Waals surface area contributed by atoms with Crippen LogP contribution in [0.25, 0.3) is 12.2 Å². The molecule has 2 amide bonds. The molecule has 2 aromatic carbocycles. The zero-order valence-electron chi connectivity index (χ0n) is 13.0. The second-order valence-corrected chi connectivity index (χ2v) is 6.13. The van der Waals surface area contributed by atoms with Gasteiger partial charge in [0.05, 0.1) is 5.69 Å². The number of carbonyl (C=O) groups excluding carboxylic acids is 2. The molecule has 1 aliphatic rings. The van der Waals surface area contributed by atoms with Crippen LogP contribution in [0, 0.1) is 0 Å². The highest BCUT2D eigenvalue weighted by Crippen LogP contribution is 2.23. The molecule has 3 rings (SSSR count). The zero-order chi connectivity index (χ0) is 18.0. The van der Waals surface area contributed by atoms with Crippen LogP contribution in [0.4, 0.5) is 5.69 Å². The van der Waals surface area contributed by atoms with Crippen LogP contribution in [-0.4, -0.2) is 16.9 Å². The predicted molar refractivity (Wildman–Crippen MR) is 104 cm³/mol. The van der Waals surface area contributed by atoms with Gasteiger partial charge in [0.2, 0.25) is 0 Å². The van der Waals surface area contributed by atoms with Crippen molar-refractivity contribution >= 4 is 58.6 Å². The van der Waals surface area contributed by atoms with Gasteiger partial charge in [-0.1, -0.05) is 42.5 Å². The van der Waals surface area contributed by atoms with Crippen molar-refractivity contribution in [3.8, 4) is 0 Å². The molecule has 2 aromatic rings. The second kappa shape index (κ2) is 7.01. The molecule has 25 heavy (non-hydrogen) atoms. The fourth-order valence-electron chi connectivity index (χ4n) is 2.42. The zero-order valence-corrected chi connectivity index (χ0v) is 14.6. The lowest BCUT2D eigenvalue weighted by molar-refractivity contribution is -0.122. The number of halogens is 1. The molecule has 0 radical (unpaired) electrons. The van der Waals surface area contributed by atoms with E-state index in [-0.39, 0.29) is 10.7 Å². The smallest absolute Gasteiger partial charge is 0.270 e. The Bertz CT molecular complexity index is 919. The topological polar surface area (TPSA) is 49.4 Å². The molecule has 0 bridgehead atoms. The maximum atomic E-state index is 12.8. The van der Waals surface area contributed by atoms with Gasteiger partial charge in [-0.05, 0) is 59.8 Å². The molecule has 0 atom stereocenters. The Hall–Kier alpha value is -2.76. The van der Waals surface area contributed by atoms with E-state index in [9.17, 15) is 9.59 Å². The first kappa shape index (κ1) is 17.1. The molecule has 1 saturated heterocycles. The Kier molecular flexibility index (Phi) is 4.79. The molecule has 0 saturated carbocycles. The summed E-state index contributed by atoms with van der Waals surface area (Å²) in [5.74, 6) is -1.01. The van der Waals surface area contributed by atoms with Crippen LogP contribution in [0.1, 0.15) is 11.1 Å². The van der Waals surface area contributed by atoms with E-state index in [0.29, 0.717) is 10.7 Å². The first-order valence-corrected chi connectivity index (χ1v) is 8.18. The van der Waals surface area contributed by atoms with Gasteiger partial charge >= 0.3 is 0 Å². The molecule has 6 heteroatoms. The minimum atomic E-state index is -0.524. The Labute approximate surface area is 155 Å². The van der Waals surface area contributed by atoms with Gasteiger partial charge in [0.25, 0.3) is 11.8 Å². The van der Waals surface area contributed by atoms with E-state index in [1.54, 1.807) is 36.4 Å². The van der Waals surface area contributed by atoms with Gasteiger partial charge < -0.3 is 0 Å². The van der Waals surface area contributed by atoms with Crippen LogP contribution in [0.5, 0.6) is 0 Å². The highest BCUT2D eigenvalue weighted by Gasteiger charge is 2.34. The lowest BCUT2D eigenvalue weighted by atomic mass is 10.0. The third-order valence-electron chi connectivity index (χ3n) is 3.64. The van der Waals surface area contributed by atoms with Gasteiger partial charge in [0.1, 0.15) is 5.57 Å². The summed E-state index contributed by atoms with van der Waals surface area (Å²) in [5.41, 5.74) is 2.15. The molecule has 4 nitrogen and oxygen atoms in total. The molecule has 1 N–H and O–H groups in total. The average molecular weight is 369 g/mol. The summed E-state index contributed by atoms with van der Waals surface area (Å²) in [7, 11) is 0. The van der Waals surface area contributed by atoms with Crippen molar-refractivity contribution in [2.75, 3.05) is 4.90 Å². The summed E-state index contributed by atoms with van der Waals surface area (Å²) in [6, 6.07) is 14.0. The van der Waals surface area contributed by atoms with E-state index in [1.165, 1.54) is 11.0 Å². The number of anilines is 1. The monoisotopic (exact) mass is 368 g/mol. The fourth-order valence-corrected chi connectivity index (χ4v) is 2.83. The molecule has 0 unspecified atom stereocenters. The molecule has 0 spiro atoms. The molecular weight excluding hydrogens is 356 g/mol. The van der Waals surface area contributed by atoms with Gasteiger partial charge in [-0.15, -0.1) is 0 Å². The molecule has 1 heterocycles. The van der Waals surface area contributed by atoms with E-state index >= 15 is 0 Å². The van der Waals surface area contributed by atoms with Crippen molar-refractivity contribution in [3.63, 3.8) is 0 Å². The fraction of sp³-hybridized carbons (Fsp3) is 0. The van der Waals surface area contributed by atoms with Gasteiger partial charge in [-0.3, -0.25) is 19.8 Å². The number of hydrogen-bond donors (Lipinski definition) is 1. The number of rotatable bonds is 3. The molecule has 1 fully saturated rings. The summed E-state index contributed by atoms with van der Waals surface area (Å²) < 4.78 is 0. The highest BCUT2D eigenvalue weighted by atomic mass is 35.5. The van der Waals surface area contributed by atoms with Crippen molar-refractivity contribution in [2.24, 2.45) is 0 Å². The number of nitrogens with one attached hydrogen (secondary N) is 1. The summed E-state index contributed by atoms with van der Waals surface area (Å²) in [5, 5.41) is 3.13. The summed E-state index contributed by atoms with van der Waals surface area (Å²) >= 11 is 11.0. The third kappa shape index (κ3) is 3.52. The van der Waals surface area contributed by atoms with E-state index < -0.39 is 11.8 Å². The number of amides is 2. The van der Waals surface area contributed by atoms with Gasteiger partial charge in [-0.25, -0.2) is 0 Å². The van der Waals surface area contributed by atoms with Gasteiger partial charge in [0, 0.05) is 5.02 Å². The van der Waals surface area contributed by atoms with Crippen LogP contribution in [0.15, 0.2) is 60.7 Å². The summed E-state index contributed by atoms with van der Waals surface area (Å²) in [6.07, 6.45) is 3.23. The van der Waals surface area contributed by atoms with E-state index in [1.807, 2.05) is 18.2 Å². The maximum Gasteiger partial charge on any atom is 0.270 e. The van der Waals surface area contributed by atoms with Crippen LogP contribution >= 0.6 is 23.8 Å². The molecule has 124 valence electrons. The van der Waals surface area contributed by atoms with E-state index in [2.05, 4.69) is 11.9 Å². The lowest BCUT2D eigenvalue weighted by Gasteiger charge is -2.28. The maximum absolute atomic E-state index is 12.8. The first-order valence-electron chi connectivity index (χ1n) is 7.39. The number of nitrogens with zero attached hydrogens (tertiary/aromatic N) is 1. The minimum absolute atomic E-state index is 0.00441. The van der Waals surface area contributed by atoms with Gasteiger partial charge in [0.15, 0.2) is 5.11 Å². The van der Waals surface area contributed by atoms with Crippen molar-refractivity contribution in [1.82, 2.24) is 5.32 Å². The predicted octanol–water partition coefficient (Wildman–Crippen LogP) is 3.81. The Balaban J connectivity index is 2.01. The summed E-state index contributed by atoms with van der Waals surface area (Å²) in [4.78, 5) is 26.4. The Morgan fingerprint density at radius 2 is 1.76 bits per heavy atom.